The van der Waals surface area contributed by atoms with Gasteiger partial charge in [0.15, 0.2) is 5.78 Å². The first-order valence-electron chi connectivity index (χ1n) is 9.48. The van der Waals surface area contributed by atoms with Crippen LogP contribution in [0.15, 0.2) is 60.6 Å². The Hall–Kier alpha value is -2.86. The Bertz CT molecular complexity index is 745. The minimum absolute atomic E-state index is 0.134. The number of aliphatic hydroxyl groups is 1. The van der Waals surface area contributed by atoms with Crippen LogP contribution in [0.1, 0.15) is 37.0 Å². The Morgan fingerprint density at radius 2 is 1.93 bits per heavy atom. The van der Waals surface area contributed by atoms with Crippen molar-refractivity contribution in [1.29, 1.82) is 0 Å². The fourth-order valence-corrected chi connectivity index (χ4v) is 2.34. The molecule has 0 amide bonds. The second-order valence-corrected chi connectivity index (χ2v) is 6.45. The van der Waals surface area contributed by atoms with Crippen molar-refractivity contribution in [3.05, 3.63) is 66.1 Å². The van der Waals surface area contributed by atoms with Crippen LogP contribution in [0.5, 0.6) is 11.5 Å². The first-order valence-corrected chi connectivity index (χ1v) is 9.48. The van der Waals surface area contributed by atoms with Crippen molar-refractivity contribution < 1.29 is 19.4 Å². The molecule has 0 saturated carbocycles. The summed E-state index contributed by atoms with van der Waals surface area (Å²) < 4.78 is 11.2. The fraction of sp³-hybridized carbons (Fsp3) is 0.364. The van der Waals surface area contributed by atoms with Crippen molar-refractivity contribution in [3.63, 3.8) is 0 Å². The third-order valence-electron chi connectivity index (χ3n) is 3.94. The third kappa shape index (κ3) is 7.80. The fourth-order valence-electron chi connectivity index (χ4n) is 2.34. The average molecular weight is 384 g/mol. The van der Waals surface area contributed by atoms with Gasteiger partial charge in [0, 0.05) is 36.3 Å². The number of benzene rings is 1. The second-order valence-electron chi connectivity index (χ2n) is 6.45. The molecule has 0 saturated heterocycles. The number of carbonyl (C=O) groups is 1. The summed E-state index contributed by atoms with van der Waals surface area (Å²) in [7, 11) is 0. The van der Waals surface area contributed by atoms with E-state index in [1.54, 1.807) is 25.3 Å². The Balaban J connectivity index is 1.71. The molecular weight excluding hydrogens is 356 g/mol. The van der Waals surface area contributed by atoms with Crippen molar-refractivity contribution in [2.75, 3.05) is 19.8 Å². The molecule has 0 radical (unpaired) electrons. The van der Waals surface area contributed by atoms with Crippen LogP contribution in [0, 0.1) is 0 Å². The van der Waals surface area contributed by atoms with Gasteiger partial charge in [0.1, 0.15) is 24.2 Å². The Labute approximate surface area is 166 Å². The van der Waals surface area contributed by atoms with Gasteiger partial charge in [0.2, 0.25) is 0 Å². The Morgan fingerprint density at radius 3 is 2.57 bits per heavy atom. The van der Waals surface area contributed by atoms with Crippen LogP contribution in [-0.4, -0.2) is 41.7 Å². The smallest absolute Gasteiger partial charge is 0.189 e. The van der Waals surface area contributed by atoms with Gasteiger partial charge in [0.25, 0.3) is 0 Å². The highest BCUT2D eigenvalue weighted by Crippen LogP contribution is 2.18. The van der Waals surface area contributed by atoms with Crippen molar-refractivity contribution in [2.45, 2.75) is 32.8 Å². The van der Waals surface area contributed by atoms with E-state index in [0.717, 1.165) is 18.6 Å². The van der Waals surface area contributed by atoms with E-state index in [-0.39, 0.29) is 18.9 Å². The molecule has 150 valence electrons. The number of carbonyl (C=O) groups excluding carboxylic acids is 1. The van der Waals surface area contributed by atoms with Gasteiger partial charge < -0.3 is 19.9 Å². The molecule has 0 spiro atoms. The van der Waals surface area contributed by atoms with E-state index in [2.05, 4.69) is 17.2 Å². The summed E-state index contributed by atoms with van der Waals surface area (Å²) in [6.45, 7) is 5.03. The molecule has 2 rings (SSSR count). The average Bonchev–Trinajstić information content (AvgIpc) is 2.72. The van der Waals surface area contributed by atoms with Gasteiger partial charge in [-0.25, -0.2) is 0 Å². The number of nitrogens with zero attached hydrogens (tertiary/aromatic N) is 1. The first-order chi connectivity index (χ1) is 13.6. The van der Waals surface area contributed by atoms with Crippen molar-refractivity contribution in [2.24, 2.45) is 0 Å². The predicted octanol–water partition coefficient (Wildman–Crippen LogP) is 3.38. The lowest BCUT2D eigenvalue weighted by molar-refractivity contribution is 0.103. The molecule has 2 N–H and O–H groups in total. The molecule has 1 atom stereocenters. The van der Waals surface area contributed by atoms with Gasteiger partial charge in [0.05, 0.1) is 6.61 Å². The minimum Gasteiger partial charge on any atom is -0.494 e. The number of unbranched alkanes of at least 4 members (excludes halogenated alkanes) is 1. The van der Waals surface area contributed by atoms with Gasteiger partial charge in [-0.2, -0.15) is 0 Å². The number of ketones is 1. The van der Waals surface area contributed by atoms with Gasteiger partial charge >= 0.3 is 0 Å². The van der Waals surface area contributed by atoms with Crippen LogP contribution in [0.4, 0.5) is 0 Å². The van der Waals surface area contributed by atoms with Crippen LogP contribution < -0.4 is 14.8 Å². The number of hydrogen-bond acceptors (Lipinski definition) is 6. The molecule has 0 aliphatic carbocycles. The van der Waals surface area contributed by atoms with E-state index in [9.17, 15) is 9.90 Å². The Morgan fingerprint density at radius 1 is 1.21 bits per heavy atom. The molecular formula is C22H28N2O4. The van der Waals surface area contributed by atoms with Gasteiger partial charge in [-0.15, -0.1) is 0 Å². The molecule has 6 nitrogen and oxygen atoms in total. The van der Waals surface area contributed by atoms with Gasteiger partial charge in [-0.3, -0.25) is 9.78 Å². The van der Waals surface area contributed by atoms with E-state index < -0.39 is 6.10 Å². The first kappa shape index (κ1) is 21.4. The summed E-state index contributed by atoms with van der Waals surface area (Å²) >= 11 is 0. The van der Waals surface area contributed by atoms with E-state index in [0.29, 0.717) is 23.6 Å². The number of ether oxygens (including phenoxy) is 2. The summed E-state index contributed by atoms with van der Waals surface area (Å²) in [6.07, 6.45) is 6.04. The molecule has 0 fully saturated rings. The van der Waals surface area contributed by atoms with E-state index >= 15 is 0 Å². The van der Waals surface area contributed by atoms with E-state index in [1.165, 1.54) is 12.3 Å². The summed E-state index contributed by atoms with van der Waals surface area (Å²) in [4.78, 5) is 16.0. The maximum atomic E-state index is 12.1. The zero-order valence-electron chi connectivity index (χ0n) is 16.4. The number of aromatic nitrogens is 1. The Kier molecular flexibility index (Phi) is 9.01. The number of pyridine rings is 1. The normalized spacial score (nSPS) is 12.3. The van der Waals surface area contributed by atoms with Gasteiger partial charge in [-0.05, 0) is 49.7 Å². The van der Waals surface area contributed by atoms with Crippen LogP contribution in [0.2, 0.25) is 0 Å². The third-order valence-corrected chi connectivity index (χ3v) is 3.94. The van der Waals surface area contributed by atoms with Crippen LogP contribution >= 0.6 is 0 Å². The quantitative estimate of drug-likeness (QED) is 0.332. The lowest BCUT2D eigenvalue weighted by Crippen LogP contribution is -2.30. The maximum absolute atomic E-state index is 12.1. The monoisotopic (exact) mass is 384 g/mol. The number of hydrogen-bond donors (Lipinski definition) is 2. The molecule has 0 aliphatic rings. The highest BCUT2D eigenvalue weighted by Gasteiger charge is 2.07. The van der Waals surface area contributed by atoms with E-state index in [1.807, 2.05) is 24.3 Å². The van der Waals surface area contributed by atoms with E-state index in [4.69, 9.17) is 9.47 Å². The summed E-state index contributed by atoms with van der Waals surface area (Å²) in [5.74, 6) is 1.34. The predicted molar refractivity (Wildman–Crippen MR) is 109 cm³/mol. The lowest BCUT2D eigenvalue weighted by atomic mass is 10.1. The van der Waals surface area contributed by atoms with Crippen molar-refractivity contribution in [1.82, 2.24) is 10.3 Å². The van der Waals surface area contributed by atoms with Crippen LogP contribution in [-0.2, 0) is 0 Å². The molecule has 1 heterocycles. The summed E-state index contributed by atoms with van der Waals surface area (Å²) in [6, 6.07) is 10.8. The van der Waals surface area contributed by atoms with Crippen molar-refractivity contribution in [3.8, 4) is 11.5 Å². The van der Waals surface area contributed by atoms with Gasteiger partial charge in [-0.1, -0.05) is 13.3 Å². The summed E-state index contributed by atoms with van der Waals surface area (Å²) in [5.41, 5.74) is 1.19. The molecule has 1 aromatic carbocycles. The molecule has 6 heteroatoms. The van der Waals surface area contributed by atoms with Crippen LogP contribution in [0.25, 0.3) is 0 Å². The number of aliphatic hydroxyl groups excluding tert-OH is 1. The standard InChI is InChI=1S/C22H28N2O4/c1-3-4-12-27-20-7-9-21(10-8-20)28-16-19(25)15-24-17(2)13-22(26)18-6-5-11-23-14-18/h5-11,13-14,19,24-25H,3-4,12,15-16H2,1-2H3. The zero-order valence-corrected chi connectivity index (χ0v) is 16.4. The highest BCUT2D eigenvalue weighted by atomic mass is 16.5. The zero-order chi connectivity index (χ0) is 20.2. The SMILES string of the molecule is CCCCOc1ccc(OCC(O)CNC(C)=CC(=O)c2cccnc2)cc1. The molecule has 28 heavy (non-hydrogen) atoms. The largest absolute Gasteiger partial charge is 0.494 e. The summed E-state index contributed by atoms with van der Waals surface area (Å²) in [5, 5.41) is 13.1. The molecule has 0 bridgehead atoms. The second kappa shape index (κ2) is 11.8. The molecule has 1 aromatic heterocycles. The van der Waals surface area contributed by atoms with Crippen LogP contribution in [0.3, 0.4) is 0 Å². The molecule has 1 unspecified atom stereocenters. The number of allylic oxidation sites excluding steroid dienone is 2. The highest BCUT2D eigenvalue weighted by molar-refractivity contribution is 6.04. The number of nitrogens with one attached hydrogen (secondary N) is 1. The maximum Gasteiger partial charge on any atom is 0.189 e. The lowest BCUT2D eigenvalue weighted by Gasteiger charge is -2.14. The minimum atomic E-state index is -0.711. The number of rotatable bonds is 12. The molecule has 2 aromatic rings. The van der Waals surface area contributed by atoms with Crippen molar-refractivity contribution >= 4 is 5.78 Å². The topological polar surface area (TPSA) is 80.7 Å². The molecule has 0 aliphatic heterocycles.